The average molecular weight is 420 g/mol. The van der Waals surface area contributed by atoms with E-state index >= 15 is 0 Å². The molecule has 0 unspecified atom stereocenters. The number of hydrogen-bond donors (Lipinski definition) is 1. The summed E-state index contributed by atoms with van der Waals surface area (Å²) in [4.78, 5) is 17.5. The number of nitriles is 1. The zero-order valence-electron chi connectivity index (χ0n) is 15.1. The Hall–Kier alpha value is -1.74. The molecule has 1 aromatic heterocycles. The zero-order chi connectivity index (χ0) is 19.6. The van der Waals surface area contributed by atoms with Crippen molar-refractivity contribution in [2.45, 2.75) is 49.3 Å². The van der Waals surface area contributed by atoms with E-state index in [1.54, 1.807) is 32.0 Å². The van der Waals surface area contributed by atoms with E-state index in [0.717, 1.165) is 36.9 Å². The smallest absolute Gasteiger partial charge is 0.240 e. The molecule has 7 heteroatoms. The highest BCUT2D eigenvalue weighted by Gasteiger charge is 2.32. The van der Waals surface area contributed by atoms with Gasteiger partial charge in [-0.1, -0.05) is 41.0 Å². The van der Waals surface area contributed by atoms with Gasteiger partial charge in [-0.15, -0.1) is 0 Å². The maximum atomic E-state index is 12.8. The molecule has 0 spiro atoms. The van der Waals surface area contributed by atoms with E-state index in [9.17, 15) is 10.1 Å². The Labute approximate surface area is 173 Å². The van der Waals surface area contributed by atoms with Crippen LogP contribution in [0.1, 0.15) is 43.5 Å². The van der Waals surface area contributed by atoms with Gasteiger partial charge < -0.3 is 5.32 Å². The van der Waals surface area contributed by atoms with Gasteiger partial charge in [-0.2, -0.15) is 5.26 Å². The number of nitrogens with zero attached hydrogens (tertiary/aromatic N) is 2. The van der Waals surface area contributed by atoms with Crippen LogP contribution in [-0.2, 0) is 17.6 Å². The highest BCUT2D eigenvalue weighted by molar-refractivity contribution is 8.01. The van der Waals surface area contributed by atoms with Gasteiger partial charge in [0.25, 0.3) is 0 Å². The fourth-order valence-corrected chi connectivity index (χ4v) is 4.28. The molecule has 0 saturated heterocycles. The molecule has 4 nitrogen and oxygen atoms in total. The zero-order valence-corrected chi connectivity index (χ0v) is 17.4. The summed E-state index contributed by atoms with van der Waals surface area (Å²) >= 11 is 13.5. The number of fused-ring (bicyclic) bond motifs is 1. The van der Waals surface area contributed by atoms with E-state index in [1.807, 2.05) is 6.07 Å². The molecule has 2 aromatic rings. The molecule has 0 bridgehead atoms. The lowest BCUT2D eigenvalue weighted by Crippen LogP contribution is -2.34. The second-order valence-electron chi connectivity index (χ2n) is 6.93. The average Bonchev–Trinajstić information content (AvgIpc) is 2.64. The number of aryl methyl sites for hydroxylation is 2. The van der Waals surface area contributed by atoms with E-state index in [4.69, 9.17) is 28.2 Å². The molecule has 1 aromatic carbocycles. The van der Waals surface area contributed by atoms with Crippen LogP contribution in [0.3, 0.4) is 0 Å². The first kappa shape index (κ1) is 20.0. The first-order valence-corrected chi connectivity index (χ1v) is 10.3. The summed E-state index contributed by atoms with van der Waals surface area (Å²) < 4.78 is -0.854. The van der Waals surface area contributed by atoms with Crippen LogP contribution < -0.4 is 5.32 Å². The largest absolute Gasteiger partial charge is 0.324 e. The SMILES string of the molecule is CC(C)(Sc1nc2c(cc1C#N)CCCC2)C(=O)Nc1cccc(Cl)c1Cl. The van der Waals surface area contributed by atoms with Gasteiger partial charge in [0.1, 0.15) is 11.1 Å². The minimum atomic E-state index is -0.854. The maximum absolute atomic E-state index is 12.8. The van der Waals surface area contributed by atoms with Crippen LogP contribution in [0, 0.1) is 11.3 Å². The Morgan fingerprint density at radius 3 is 2.78 bits per heavy atom. The number of carbonyl (C=O) groups is 1. The number of halogens is 2. The third-order valence-corrected chi connectivity index (χ3v) is 6.50. The minimum Gasteiger partial charge on any atom is -0.324 e. The highest BCUT2D eigenvalue weighted by Crippen LogP contribution is 2.37. The maximum Gasteiger partial charge on any atom is 0.240 e. The van der Waals surface area contributed by atoms with E-state index < -0.39 is 4.75 Å². The van der Waals surface area contributed by atoms with E-state index in [-0.39, 0.29) is 5.91 Å². The number of nitrogens with one attached hydrogen (secondary N) is 1. The van der Waals surface area contributed by atoms with Gasteiger partial charge in [-0.25, -0.2) is 4.98 Å². The molecule has 1 N–H and O–H groups in total. The van der Waals surface area contributed by atoms with Crippen LogP contribution in [0.4, 0.5) is 5.69 Å². The molecule has 1 aliphatic carbocycles. The molecule has 140 valence electrons. The number of hydrogen-bond acceptors (Lipinski definition) is 4. The lowest BCUT2D eigenvalue weighted by atomic mass is 9.95. The number of pyridine rings is 1. The molecule has 0 radical (unpaired) electrons. The van der Waals surface area contributed by atoms with Gasteiger partial charge in [0.15, 0.2) is 0 Å². The summed E-state index contributed by atoms with van der Waals surface area (Å²) in [5.41, 5.74) is 3.16. The molecule has 1 aliphatic rings. The summed E-state index contributed by atoms with van der Waals surface area (Å²) in [6, 6.07) is 9.23. The molecule has 0 aliphatic heterocycles. The van der Waals surface area contributed by atoms with Crippen LogP contribution in [0.15, 0.2) is 29.3 Å². The van der Waals surface area contributed by atoms with E-state index in [2.05, 4.69) is 11.4 Å². The van der Waals surface area contributed by atoms with Crippen LogP contribution in [0.25, 0.3) is 0 Å². The van der Waals surface area contributed by atoms with Crippen molar-refractivity contribution in [1.82, 2.24) is 4.98 Å². The van der Waals surface area contributed by atoms with E-state index in [1.165, 1.54) is 11.8 Å². The number of benzene rings is 1. The van der Waals surface area contributed by atoms with Crippen molar-refractivity contribution < 1.29 is 4.79 Å². The molecule has 27 heavy (non-hydrogen) atoms. The van der Waals surface area contributed by atoms with E-state index in [0.29, 0.717) is 26.3 Å². The third-order valence-electron chi connectivity index (χ3n) is 4.48. The predicted molar refractivity (Wildman–Crippen MR) is 111 cm³/mol. The fourth-order valence-electron chi connectivity index (χ4n) is 2.93. The quantitative estimate of drug-likeness (QED) is 0.650. The Balaban J connectivity index is 1.84. The van der Waals surface area contributed by atoms with Crippen LogP contribution in [0.5, 0.6) is 0 Å². The van der Waals surface area contributed by atoms with Gasteiger partial charge in [-0.3, -0.25) is 4.79 Å². The fraction of sp³-hybridized carbons (Fsp3) is 0.350. The summed E-state index contributed by atoms with van der Waals surface area (Å²) in [5, 5.41) is 13.6. The summed E-state index contributed by atoms with van der Waals surface area (Å²) in [7, 11) is 0. The summed E-state index contributed by atoms with van der Waals surface area (Å²) in [6.45, 7) is 3.60. The third kappa shape index (κ3) is 4.40. The van der Waals surface area contributed by atoms with Gasteiger partial charge in [0, 0.05) is 5.69 Å². The Kier molecular flexibility index (Phi) is 6.00. The lowest BCUT2D eigenvalue weighted by Gasteiger charge is -2.24. The van der Waals surface area contributed by atoms with Crippen molar-refractivity contribution in [3.8, 4) is 6.07 Å². The Bertz CT molecular complexity index is 938. The molecule has 3 rings (SSSR count). The topological polar surface area (TPSA) is 65.8 Å². The molecule has 0 saturated carbocycles. The number of aromatic nitrogens is 1. The predicted octanol–water partition coefficient (Wildman–Crippen LogP) is 5.65. The van der Waals surface area contributed by atoms with Crippen molar-refractivity contribution >= 4 is 46.6 Å². The van der Waals surface area contributed by atoms with Crippen molar-refractivity contribution in [2.24, 2.45) is 0 Å². The molecule has 1 heterocycles. The lowest BCUT2D eigenvalue weighted by molar-refractivity contribution is -0.117. The number of thioether (sulfide) groups is 1. The van der Waals surface area contributed by atoms with Gasteiger partial charge in [-0.05, 0) is 63.3 Å². The monoisotopic (exact) mass is 419 g/mol. The second-order valence-corrected chi connectivity index (χ2v) is 9.33. The Morgan fingerprint density at radius 1 is 1.30 bits per heavy atom. The first-order valence-electron chi connectivity index (χ1n) is 8.69. The molecule has 0 atom stereocenters. The molecule has 1 amide bonds. The number of anilines is 1. The van der Waals surface area contributed by atoms with Crippen molar-refractivity contribution in [1.29, 1.82) is 5.26 Å². The van der Waals surface area contributed by atoms with Gasteiger partial charge in [0.2, 0.25) is 5.91 Å². The molecular weight excluding hydrogens is 401 g/mol. The van der Waals surface area contributed by atoms with Crippen LogP contribution in [0.2, 0.25) is 10.0 Å². The highest BCUT2D eigenvalue weighted by atomic mass is 35.5. The standard InChI is InChI=1S/C20H19Cl2N3OS/c1-20(2,19(26)25-16-9-5-7-14(21)17(16)22)27-18-13(11-23)10-12-6-3-4-8-15(12)24-18/h5,7,9-10H,3-4,6,8H2,1-2H3,(H,25,26). The Morgan fingerprint density at radius 2 is 2.04 bits per heavy atom. The molecule has 0 fully saturated rings. The van der Waals surface area contributed by atoms with Crippen molar-refractivity contribution in [3.05, 3.63) is 51.1 Å². The van der Waals surface area contributed by atoms with Crippen molar-refractivity contribution in [3.63, 3.8) is 0 Å². The molecular formula is C20H19Cl2N3OS. The van der Waals surface area contributed by atoms with Crippen molar-refractivity contribution in [2.75, 3.05) is 5.32 Å². The van der Waals surface area contributed by atoms with Crippen LogP contribution in [-0.4, -0.2) is 15.6 Å². The summed E-state index contributed by atoms with van der Waals surface area (Å²) in [6.07, 6.45) is 4.10. The van der Waals surface area contributed by atoms with Gasteiger partial charge in [0.05, 0.1) is 26.0 Å². The first-order chi connectivity index (χ1) is 12.8. The summed E-state index contributed by atoms with van der Waals surface area (Å²) in [5.74, 6) is -0.236. The van der Waals surface area contributed by atoms with Gasteiger partial charge >= 0.3 is 0 Å². The number of carbonyl (C=O) groups excluding carboxylic acids is 1. The normalized spacial score (nSPS) is 13.6. The number of rotatable bonds is 4. The van der Waals surface area contributed by atoms with Crippen LogP contribution >= 0.6 is 35.0 Å². The number of amides is 1. The minimum absolute atomic E-state index is 0.236. The second kappa shape index (κ2) is 8.10.